The van der Waals surface area contributed by atoms with E-state index in [1.165, 1.54) is 44.6 Å². The van der Waals surface area contributed by atoms with Crippen LogP contribution >= 0.6 is 0 Å². The molecule has 20 heavy (non-hydrogen) atoms. The molecule has 0 atom stereocenters. The average molecular weight is 283 g/mol. The van der Waals surface area contributed by atoms with Crippen LogP contribution in [0.5, 0.6) is 0 Å². The number of amides is 1. The van der Waals surface area contributed by atoms with Crippen molar-refractivity contribution in [2.24, 2.45) is 5.73 Å². The highest BCUT2D eigenvalue weighted by molar-refractivity contribution is 5.85. The molecule has 1 amide bonds. The van der Waals surface area contributed by atoms with Crippen molar-refractivity contribution in [3.05, 3.63) is 12.2 Å². The van der Waals surface area contributed by atoms with Gasteiger partial charge in [-0.15, -0.1) is 0 Å². The van der Waals surface area contributed by atoms with Gasteiger partial charge in [0.15, 0.2) is 0 Å². The van der Waals surface area contributed by atoms with E-state index >= 15 is 0 Å². The van der Waals surface area contributed by atoms with Crippen molar-refractivity contribution in [3.8, 4) is 0 Å². The highest BCUT2D eigenvalue weighted by Crippen LogP contribution is 2.12. The Labute approximate surface area is 122 Å². The summed E-state index contributed by atoms with van der Waals surface area (Å²) in [7, 11) is 0. The third-order valence-corrected chi connectivity index (χ3v) is 3.29. The van der Waals surface area contributed by atoms with Crippen LogP contribution in [-0.4, -0.2) is 17.0 Å². The predicted octanol–water partition coefficient (Wildman–Crippen LogP) is 3.79. The highest BCUT2D eigenvalue weighted by atomic mass is 16.4. The van der Waals surface area contributed by atoms with Gasteiger partial charge in [0, 0.05) is 6.42 Å². The molecular formula is C16H29NO3. The van der Waals surface area contributed by atoms with Crippen molar-refractivity contribution in [1.29, 1.82) is 0 Å². The Bertz CT molecular complexity index is 287. The number of carbonyl (C=O) groups is 2. The second-order valence-corrected chi connectivity index (χ2v) is 5.27. The van der Waals surface area contributed by atoms with Gasteiger partial charge in [0.2, 0.25) is 5.91 Å². The second kappa shape index (κ2) is 14.1. The van der Waals surface area contributed by atoms with Gasteiger partial charge >= 0.3 is 5.97 Å². The quantitative estimate of drug-likeness (QED) is 0.376. The zero-order valence-corrected chi connectivity index (χ0v) is 12.5. The van der Waals surface area contributed by atoms with E-state index in [2.05, 4.69) is 0 Å². The minimum Gasteiger partial charge on any atom is -0.481 e. The normalized spacial score (nSPS) is 11.0. The first-order chi connectivity index (χ1) is 9.63. The maximum Gasteiger partial charge on any atom is 0.303 e. The van der Waals surface area contributed by atoms with Gasteiger partial charge in [-0.25, -0.2) is 0 Å². The van der Waals surface area contributed by atoms with Crippen molar-refractivity contribution < 1.29 is 14.7 Å². The van der Waals surface area contributed by atoms with E-state index in [0.29, 0.717) is 6.42 Å². The molecule has 0 aromatic carbocycles. The molecule has 0 fully saturated rings. The molecule has 0 radical (unpaired) electrons. The van der Waals surface area contributed by atoms with Crippen LogP contribution < -0.4 is 5.73 Å². The first-order valence-electron chi connectivity index (χ1n) is 7.80. The van der Waals surface area contributed by atoms with Gasteiger partial charge in [-0.3, -0.25) is 9.59 Å². The molecule has 0 aromatic heterocycles. The molecule has 0 aromatic rings. The number of hydrogen-bond donors (Lipinski definition) is 2. The van der Waals surface area contributed by atoms with Gasteiger partial charge in [-0.1, -0.05) is 57.4 Å². The summed E-state index contributed by atoms with van der Waals surface area (Å²) in [5, 5.41) is 8.49. The lowest BCUT2D eigenvalue weighted by atomic mass is 10.1. The number of allylic oxidation sites excluding steroid dienone is 1. The second-order valence-electron chi connectivity index (χ2n) is 5.27. The Morgan fingerprint density at radius 2 is 1.25 bits per heavy atom. The molecule has 3 N–H and O–H groups in total. The molecule has 0 aliphatic carbocycles. The fourth-order valence-electron chi connectivity index (χ4n) is 2.15. The molecule has 0 rings (SSSR count). The predicted molar refractivity (Wildman–Crippen MR) is 81.4 cm³/mol. The maximum atomic E-state index is 10.4. The van der Waals surface area contributed by atoms with E-state index in [9.17, 15) is 9.59 Å². The van der Waals surface area contributed by atoms with Crippen LogP contribution in [0.3, 0.4) is 0 Å². The Morgan fingerprint density at radius 3 is 1.70 bits per heavy atom. The fraction of sp³-hybridized carbons (Fsp3) is 0.750. The number of carboxylic acid groups (broad SMARTS) is 1. The number of aliphatic carboxylic acids is 1. The first-order valence-corrected chi connectivity index (χ1v) is 7.80. The van der Waals surface area contributed by atoms with Gasteiger partial charge in [0.1, 0.15) is 0 Å². The van der Waals surface area contributed by atoms with Crippen LogP contribution in [0.15, 0.2) is 12.2 Å². The van der Waals surface area contributed by atoms with E-state index in [1.54, 1.807) is 0 Å². The lowest BCUT2D eigenvalue weighted by molar-refractivity contribution is -0.137. The molecule has 0 bridgehead atoms. The van der Waals surface area contributed by atoms with E-state index < -0.39 is 5.97 Å². The van der Waals surface area contributed by atoms with Gasteiger partial charge in [-0.05, 0) is 25.3 Å². The van der Waals surface area contributed by atoms with Crippen LogP contribution in [0.1, 0.15) is 77.0 Å². The molecule has 4 nitrogen and oxygen atoms in total. The van der Waals surface area contributed by atoms with Crippen molar-refractivity contribution >= 4 is 11.9 Å². The number of carboxylic acids is 1. The van der Waals surface area contributed by atoms with Crippen molar-refractivity contribution in [2.45, 2.75) is 77.0 Å². The number of unbranched alkanes of at least 4 members (excludes halogenated alkanes) is 10. The van der Waals surface area contributed by atoms with Crippen molar-refractivity contribution in [3.63, 3.8) is 0 Å². The Morgan fingerprint density at radius 1 is 0.800 bits per heavy atom. The lowest BCUT2D eigenvalue weighted by Crippen LogP contribution is -2.05. The zero-order valence-electron chi connectivity index (χ0n) is 12.5. The van der Waals surface area contributed by atoms with Crippen molar-refractivity contribution in [2.75, 3.05) is 0 Å². The Balaban J connectivity index is 3.06. The summed E-state index contributed by atoms with van der Waals surface area (Å²) in [5.74, 6) is -1.05. The first kappa shape index (κ1) is 18.7. The van der Waals surface area contributed by atoms with E-state index in [4.69, 9.17) is 10.8 Å². The minimum atomic E-state index is -0.685. The van der Waals surface area contributed by atoms with Gasteiger partial charge in [-0.2, -0.15) is 0 Å². The standard InChI is InChI=1S/C16H29NO3/c17-15(18)13-11-9-7-5-3-1-2-4-6-8-10-12-14-16(19)20/h11,13H,1-10,12,14H2,(H2,17,18)(H,19,20). The number of rotatable bonds is 14. The molecule has 0 aliphatic heterocycles. The summed E-state index contributed by atoms with van der Waals surface area (Å²) in [4.78, 5) is 20.7. The van der Waals surface area contributed by atoms with Gasteiger partial charge < -0.3 is 10.8 Å². The molecule has 0 spiro atoms. The number of hydrogen-bond acceptors (Lipinski definition) is 2. The largest absolute Gasteiger partial charge is 0.481 e. The van der Waals surface area contributed by atoms with Gasteiger partial charge in [0.25, 0.3) is 0 Å². The monoisotopic (exact) mass is 283 g/mol. The van der Waals surface area contributed by atoms with E-state index in [0.717, 1.165) is 32.1 Å². The van der Waals surface area contributed by atoms with Crippen LogP contribution in [0.4, 0.5) is 0 Å². The Hall–Kier alpha value is -1.32. The number of carbonyl (C=O) groups excluding carboxylic acids is 1. The smallest absolute Gasteiger partial charge is 0.303 e. The van der Waals surface area contributed by atoms with Gasteiger partial charge in [0.05, 0.1) is 0 Å². The van der Waals surface area contributed by atoms with Crippen LogP contribution in [0.25, 0.3) is 0 Å². The highest BCUT2D eigenvalue weighted by Gasteiger charge is 1.96. The molecule has 0 saturated carbocycles. The zero-order chi connectivity index (χ0) is 15.1. The third kappa shape index (κ3) is 16.7. The number of primary amides is 1. The topological polar surface area (TPSA) is 80.4 Å². The summed E-state index contributed by atoms with van der Waals surface area (Å²) in [6, 6.07) is 0. The van der Waals surface area contributed by atoms with E-state index in [1.807, 2.05) is 6.08 Å². The Kier molecular flexibility index (Phi) is 13.2. The number of nitrogens with two attached hydrogens (primary N) is 1. The summed E-state index contributed by atoms with van der Waals surface area (Å²) in [5.41, 5.74) is 4.99. The molecule has 0 heterocycles. The van der Waals surface area contributed by atoms with Crippen LogP contribution in [0, 0.1) is 0 Å². The molecule has 0 unspecified atom stereocenters. The van der Waals surface area contributed by atoms with Crippen molar-refractivity contribution in [1.82, 2.24) is 0 Å². The molecule has 4 heteroatoms. The summed E-state index contributed by atoms with van der Waals surface area (Å²) in [6.45, 7) is 0. The minimum absolute atomic E-state index is 0.310. The molecular weight excluding hydrogens is 254 g/mol. The summed E-state index contributed by atoms with van der Waals surface area (Å²) < 4.78 is 0. The van der Waals surface area contributed by atoms with E-state index in [-0.39, 0.29) is 5.91 Å². The average Bonchev–Trinajstić information content (AvgIpc) is 2.38. The summed E-state index contributed by atoms with van der Waals surface area (Å²) in [6.07, 6.45) is 16.2. The third-order valence-electron chi connectivity index (χ3n) is 3.29. The maximum absolute atomic E-state index is 10.4. The molecule has 0 aliphatic rings. The fourth-order valence-corrected chi connectivity index (χ4v) is 2.15. The van der Waals surface area contributed by atoms with Crippen LogP contribution in [-0.2, 0) is 9.59 Å². The SMILES string of the molecule is NC(=O)C=CCCCCCCCCCCCCC(=O)O. The summed E-state index contributed by atoms with van der Waals surface area (Å²) >= 11 is 0. The van der Waals surface area contributed by atoms with Crippen LogP contribution in [0.2, 0.25) is 0 Å². The molecule has 0 saturated heterocycles. The molecule has 116 valence electrons. The lowest BCUT2D eigenvalue weighted by Gasteiger charge is -2.01.